The lowest BCUT2D eigenvalue weighted by atomic mass is 9.90. The summed E-state index contributed by atoms with van der Waals surface area (Å²) in [6, 6.07) is 22.9. The first kappa shape index (κ1) is 17.2. The highest BCUT2D eigenvalue weighted by Crippen LogP contribution is 2.34. The first-order valence-corrected chi connectivity index (χ1v) is 9.22. The molecular formula is C24H22N2O. The molecule has 0 spiro atoms. The molecule has 3 nitrogen and oxygen atoms in total. The van der Waals surface area contributed by atoms with E-state index in [0.29, 0.717) is 11.5 Å². The van der Waals surface area contributed by atoms with Gasteiger partial charge in [-0.15, -0.1) is 0 Å². The van der Waals surface area contributed by atoms with E-state index in [1.807, 2.05) is 24.3 Å². The SMILES string of the molecule is Cc1ccc(C(C)Cc2cccc(-c3cccc4c3C(=N)C(=O)N4)c2)cc1. The van der Waals surface area contributed by atoms with Crippen molar-refractivity contribution >= 4 is 17.3 Å². The highest BCUT2D eigenvalue weighted by atomic mass is 16.2. The minimum Gasteiger partial charge on any atom is -0.320 e. The number of carbonyl (C=O) groups excluding carboxylic acids is 1. The summed E-state index contributed by atoms with van der Waals surface area (Å²) < 4.78 is 0. The summed E-state index contributed by atoms with van der Waals surface area (Å²) in [5.74, 6) is 0.0884. The molecule has 3 heteroatoms. The van der Waals surface area contributed by atoms with Crippen LogP contribution < -0.4 is 5.32 Å². The van der Waals surface area contributed by atoms with Gasteiger partial charge in [0, 0.05) is 5.56 Å². The van der Waals surface area contributed by atoms with E-state index in [1.165, 1.54) is 16.7 Å². The molecule has 1 unspecified atom stereocenters. The minimum atomic E-state index is -0.332. The van der Waals surface area contributed by atoms with Crippen molar-refractivity contribution in [2.24, 2.45) is 0 Å². The van der Waals surface area contributed by atoms with Crippen LogP contribution >= 0.6 is 0 Å². The van der Waals surface area contributed by atoms with Gasteiger partial charge in [0.1, 0.15) is 5.71 Å². The molecule has 4 rings (SSSR count). The van der Waals surface area contributed by atoms with Crippen molar-refractivity contribution in [3.05, 3.63) is 89.0 Å². The van der Waals surface area contributed by atoms with Crippen LogP contribution in [0.4, 0.5) is 5.69 Å². The Morgan fingerprint density at radius 3 is 2.52 bits per heavy atom. The van der Waals surface area contributed by atoms with E-state index in [9.17, 15) is 4.79 Å². The molecule has 0 aromatic heterocycles. The molecule has 0 bridgehead atoms. The Bertz CT molecular complexity index is 1030. The van der Waals surface area contributed by atoms with E-state index in [1.54, 1.807) is 0 Å². The largest absolute Gasteiger partial charge is 0.320 e. The maximum atomic E-state index is 11.9. The molecule has 3 aromatic rings. The standard InChI is InChI=1S/C24H22N2O/c1-15-9-11-18(12-10-15)16(2)13-17-5-3-6-19(14-17)20-7-4-8-21-22(20)23(25)24(27)26-21/h3-12,14,16H,13H2,1-2H3,(H2,25,26,27). The van der Waals surface area contributed by atoms with Crippen molar-refractivity contribution in [2.75, 3.05) is 5.32 Å². The quantitative estimate of drug-likeness (QED) is 0.654. The van der Waals surface area contributed by atoms with Crippen molar-refractivity contribution in [3.63, 3.8) is 0 Å². The summed E-state index contributed by atoms with van der Waals surface area (Å²) >= 11 is 0. The summed E-state index contributed by atoms with van der Waals surface area (Å²) in [7, 11) is 0. The van der Waals surface area contributed by atoms with E-state index >= 15 is 0 Å². The van der Waals surface area contributed by atoms with Gasteiger partial charge in [0.25, 0.3) is 5.91 Å². The number of benzene rings is 3. The summed E-state index contributed by atoms with van der Waals surface area (Å²) in [6.07, 6.45) is 0.945. The third-order valence-corrected chi connectivity index (χ3v) is 5.22. The highest BCUT2D eigenvalue weighted by molar-refractivity contribution is 6.53. The van der Waals surface area contributed by atoms with Crippen LogP contribution in [0.1, 0.15) is 35.1 Å². The molecule has 0 aliphatic carbocycles. The monoisotopic (exact) mass is 354 g/mol. The van der Waals surface area contributed by atoms with Crippen LogP contribution in [0.25, 0.3) is 11.1 Å². The van der Waals surface area contributed by atoms with Gasteiger partial charge in [0.05, 0.1) is 5.69 Å². The second-order valence-corrected chi connectivity index (χ2v) is 7.27. The maximum absolute atomic E-state index is 11.9. The topological polar surface area (TPSA) is 53.0 Å². The number of carbonyl (C=O) groups is 1. The van der Waals surface area contributed by atoms with Crippen molar-refractivity contribution in [3.8, 4) is 11.1 Å². The predicted octanol–water partition coefficient (Wildman–Crippen LogP) is 5.33. The third kappa shape index (κ3) is 3.28. The maximum Gasteiger partial charge on any atom is 0.274 e. The van der Waals surface area contributed by atoms with E-state index in [-0.39, 0.29) is 11.6 Å². The van der Waals surface area contributed by atoms with Crippen molar-refractivity contribution in [1.82, 2.24) is 0 Å². The van der Waals surface area contributed by atoms with Gasteiger partial charge >= 0.3 is 0 Å². The number of fused-ring (bicyclic) bond motifs is 1. The summed E-state index contributed by atoms with van der Waals surface area (Å²) in [5, 5.41) is 10.9. The molecule has 1 aliphatic heterocycles. The Balaban J connectivity index is 1.65. The van der Waals surface area contributed by atoms with Crippen molar-refractivity contribution in [1.29, 1.82) is 5.41 Å². The van der Waals surface area contributed by atoms with Gasteiger partial charge in [0.15, 0.2) is 0 Å². The van der Waals surface area contributed by atoms with Gasteiger partial charge in [-0.05, 0) is 47.6 Å². The lowest BCUT2D eigenvalue weighted by molar-refractivity contribution is -0.110. The van der Waals surface area contributed by atoms with Gasteiger partial charge in [-0.25, -0.2) is 0 Å². The Morgan fingerprint density at radius 1 is 1.00 bits per heavy atom. The van der Waals surface area contributed by atoms with Gasteiger partial charge in [0.2, 0.25) is 0 Å². The zero-order valence-electron chi connectivity index (χ0n) is 15.5. The van der Waals surface area contributed by atoms with E-state index in [2.05, 4.69) is 61.6 Å². The lowest BCUT2D eigenvalue weighted by Gasteiger charge is -2.14. The van der Waals surface area contributed by atoms with Crippen molar-refractivity contribution in [2.45, 2.75) is 26.2 Å². The minimum absolute atomic E-state index is 0.0408. The van der Waals surface area contributed by atoms with Crippen LogP contribution in [0.5, 0.6) is 0 Å². The van der Waals surface area contributed by atoms with E-state index in [0.717, 1.165) is 23.2 Å². The average molecular weight is 354 g/mol. The average Bonchev–Trinajstić information content (AvgIpc) is 2.96. The smallest absolute Gasteiger partial charge is 0.274 e. The number of aryl methyl sites for hydroxylation is 1. The van der Waals surface area contributed by atoms with Crippen LogP contribution in [-0.4, -0.2) is 11.6 Å². The van der Waals surface area contributed by atoms with Gasteiger partial charge in [-0.1, -0.05) is 73.2 Å². The second kappa shape index (κ2) is 6.84. The molecule has 1 heterocycles. The molecule has 1 amide bonds. The normalized spacial score (nSPS) is 14.0. The Labute approximate surface area is 159 Å². The van der Waals surface area contributed by atoms with E-state index < -0.39 is 0 Å². The number of anilines is 1. The van der Waals surface area contributed by atoms with Crippen LogP contribution in [0.2, 0.25) is 0 Å². The predicted molar refractivity (Wildman–Crippen MR) is 111 cm³/mol. The fraction of sp³-hybridized carbons (Fsp3) is 0.167. The van der Waals surface area contributed by atoms with Crippen LogP contribution in [0.3, 0.4) is 0 Å². The number of nitrogens with one attached hydrogen (secondary N) is 2. The number of rotatable bonds is 4. The molecule has 0 radical (unpaired) electrons. The fourth-order valence-corrected chi connectivity index (χ4v) is 3.70. The molecule has 1 aliphatic rings. The lowest BCUT2D eigenvalue weighted by Crippen LogP contribution is -2.12. The van der Waals surface area contributed by atoms with Crippen LogP contribution in [0.15, 0.2) is 66.7 Å². The molecule has 0 fully saturated rings. The zero-order valence-corrected chi connectivity index (χ0v) is 15.5. The Hall–Kier alpha value is -3.20. The van der Waals surface area contributed by atoms with Gasteiger partial charge in [-0.3, -0.25) is 10.2 Å². The van der Waals surface area contributed by atoms with Crippen LogP contribution in [0, 0.1) is 12.3 Å². The molecule has 0 saturated carbocycles. The summed E-state index contributed by atoms with van der Waals surface area (Å²) in [4.78, 5) is 11.9. The van der Waals surface area contributed by atoms with Gasteiger partial charge < -0.3 is 5.32 Å². The zero-order chi connectivity index (χ0) is 19.0. The first-order valence-electron chi connectivity index (χ1n) is 9.22. The van der Waals surface area contributed by atoms with E-state index in [4.69, 9.17) is 5.41 Å². The second-order valence-electron chi connectivity index (χ2n) is 7.27. The fourth-order valence-electron chi connectivity index (χ4n) is 3.70. The van der Waals surface area contributed by atoms with Crippen LogP contribution in [-0.2, 0) is 11.2 Å². The first-order chi connectivity index (χ1) is 13.0. The number of hydrogen-bond acceptors (Lipinski definition) is 2. The third-order valence-electron chi connectivity index (χ3n) is 5.22. The number of hydrogen-bond donors (Lipinski definition) is 2. The molecule has 27 heavy (non-hydrogen) atoms. The molecule has 2 N–H and O–H groups in total. The Kier molecular flexibility index (Phi) is 4.36. The summed E-state index contributed by atoms with van der Waals surface area (Å²) in [6.45, 7) is 4.35. The van der Waals surface area contributed by atoms with Crippen molar-refractivity contribution < 1.29 is 4.79 Å². The molecule has 3 aromatic carbocycles. The Morgan fingerprint density at radius 2 is 1.74 bits per heavy atom. The number of amides is 1. The highest BCUT2D eigenvalue weighted by Gasteiger charge is 2.27. The van der Waals surface area contributed by atoms with Gasteiger partial charge in [-0.2, -0.15) is 0 Å². The molecular weight excluding hydrogens is 332 g/mol. The summed E-state index contributed by atoms with van der Waals surface area (Å²) in [5.41, 5.74) is 7.30. The molecule has 0 saturated heterocycles. The molecule has 1 atom stereocenters. The molecule has 134 valence electrons.